The molecule has 0 spiro atoms. The Kier molecular flexibility index (Phi) is 6.05. The molecule has 1 N–H and O–H groups in total. The lowest BCUT2D eigenvalue weighted by molar-refractivity contribution is 0.0828. The van der Waals surface area contributed by atoms with Crippen LogP contribution in [0.25, 0.3) is 22.3 Å². The molecular formula is C28H28N2O3. The number of rotatable bonds is 5. The van der Waals surface area contributed by atoms with Crippen molar-refractivity contribution in [3.05, 3.63) is 99.2 Å². The Morgan fingerprint density at radius 2 is 1.64 bits per heavy atom. The van der Waals surface area contributed by atoms with Gasteiger partial charge in [0.05, 0.1) is 17.0 Å². The van der Waals surface area contributed by atoms with Gasteiger partial charge in [-0.3, -0.25) is 9.59 Å². The molecule has 0 fully saturated rings. The van der Waals surface area contributed by atoms with Crippen molar-refractivity contribution in [2.45, 2.75) is 26.8 Å². The number of amides is 1. The fourth-order valence-corrected chi connectivity index (χ4v) is 4.10. The van der Waals surface area contributed by atoms with E-state index in [1.54, 1.807) is 25.9 Å². The molecule has 0 aliphatic heterocycles. The normalized spacial score (nSPS) is 11.9. The van der Waals surface area contributed by atoms with Gasteiger partial charge in [0.1, 0.15) is 11.3 Å². The lowest BCUT2D eigenvalue weighted by Crippen LogP contribution is -2.23. The second-order valence-corrected chi connectivity index (χ2v) is 8.59. The van der Waals surface area contributed by atoms with Crippen molar-refractivity contribution in [2.75, 3.05) is 19.4 Å². The van der Waals surface area contributed by atoms with E-state index >= 15 is 0 Å². The quantitative estimate of drug-likeness (QED) is 0.416. The summed E-state index contributed by atoms with van der Waals surface area (Å²) in [5.41, 5.74) is 5.15. The number of carbonyl (C=O) groups is 1. The molecule has 0 bridgehead atoms. The Morgan fingerprint density at radius 1 is 0.970 bits per heavy atom. The molecular weight excluding hydrogens is 412 g/mol. The molecule has 0 aliphatic carbocycles. The van der Waals surface area contributed by atoms with E-state index in [0.717, 1.165) is 22.4 Å². The van der Waals surface area contributed by atoms with Gasteiger partial charge in [0.15, 0.2) is 5.43 Å². The number of carbonyl (C=O) groups excluding carboxylic acids is 1. The van der Waals surface area contributed by atoms with Crippen LogP contribution < -0.4 is 10.7 Å². The molecule has 3 aromatic carbocycles. The Morgan fingerprint density at radius 3 is 2.33 bits per heavy atom. The monoisotopic (exact) mass is 440 g/mol. The SMILES string of the molecule is Cc1cc(C(C)Nc2ccccc2C(=O)N(C)C)c2oc(-c3ccccc3)c(C)c(=O)c2c1. The highest BCUT2D eigenvalue weighted by molar-refractivity contribution is 5.99. The first kappa shape index (κ1) is 22.3. The van der Waals surface area contributed by atoms with Crippen molar-refractivity contribution in [2.24, 2.45) is 0 Å². The summed E-state index contributed by atoms with van der Waals surface area (Å²) >= 11 is 0. The summed E-state index contributed by atoms with van der Waals surface area (Å²) in [5, 5.41) is 4.03. The topological polar surface area (TPSA) is 62.6 Å². The largest absolute Gasteiger partial charge is 0.455 e. The van der Waals surface area contributed by atoms with Crippen molar-refractivity contribution in [3.63, 3.8) is 0 Å². The summed E-state index contributed by atoms with van der Waals surface area (Å²) in [4.78, 5) is 27.5. The summed E-state index contributed by atoms with van der Waals surface area (Å²) in [6.45, 7) is 5.78. The van der Waals surface area contributed by atoms with E-state index in [2.05, 4.69) is 5.32 Å². The summed E-state index contributed by atoms with van der Waals surface area (Å²) in [5.74, 6) is 0.501. The molecule has 1 heterocycles. The minimum atomic E-state index is -0.210. The third-order valence-electron chi connectivity index (χ3n) is 5.83. The lowest BCUT2D eigenvalue weighted by atomic mass is 9.98. The molecule has 33 heavy (non-hydrogen) atoms. The molecule has 0 aliphatic rings. The average molecular weight is 441 g/mol. The van der Waals surface area contributed by atoms with Crippen LogP contribution in [0.1, 0.15) is 40.0 Å². The molecule has 4 rings (SSSR count). The predicted molar refractivity (Wildman–Crippen MR) is 134 cm³/mol. The highest BCUT2D eigenvalue weighted by atomic mass is 16.3. The highest BCUT2D eigenvalue weighted by Gasteiger charge is 2.20. The Bertz CT molecular complexity index is 1390. The van der Waals surface area contributed by atoms with Crippen LogP contribution in [0.5, 0.6) is 0 Å². The third-order valence-corrected chi connectivity index (χ3v) is 5.83. The Labute approximate surface area is 193 Å². The van der Waals surface area contributed by atoms with Gasteiger partial charge >= 0.3 is 0 Å². The van der Waals surface area contributed by atoms with E-state index in [1.165, 1.54) is 0 Å². The van der Waals surface area contributed by atoms with Crippen LogP contribution in [0, 0.1) is 13.8 Å². The van der Waals surface area contributed by atoms with Gasteiger partial charge in [-0.15, -0.1) is 0 Å². The molecule has 4 aromatic rings. The number of hydrogen-bond acceptors (Lipinski definition) is 4. The van der Waals surface area contributed by atoms with Crippen molar-refractivity contribution < 1.29 is 9.21 Å². The van der Waals surface area contributed by atoms with Crippen LogP contribution >= 0.6 is 0 Å². The number of fused-ring (bicyclic) bond motifs is 1. The number of aryl methyl sites for hydroxylation is 1. The fourth-order valence-electron chi connectivity index (χ4n) is 4.10. The number of anilines is 1. The van der Waals surface area contributed by atoms with Crippen molar-refractivity contribution >= 4 is 22.6 Å². The molecule has 5 nitrogen and oxygen atoms in total. The summed E-state index contributed by atoms with van der Waals surface area (Å²) < 4.78 is 6.41. The molecule has 1 aromatic heterocycles. The van der Waals surface area contributed by atoms with Crippen molar-refractivity contribution in [3.8, 4) is 11.3 Å². The molecule has 5 heteroatoms. The minimum Gasteiger partial charge on any atom is -0.455 e. The third kappa shape index (κ3) is 4.27. The van der Waals surface area contributed by atoms with Crippen LogP contribution in [0.2, 0.25) is 0 Å². The number of para-hydroxylation sites is 1. The van der Waals surface area contributed by atoms with Gasteiger partial charge in [-0.05, 0) is 44.5 Å². The zero-order chi connectivity index (χ0) is 23.7. The van der Waals surface area contributed by atoms with E-state index in [1.807, 2.05) is 80.6 Å². The standard InChI is InChI=1S/C28H28N2O3/c1-17-15-22(19(3)29-24-14-10-9-13-21(24)28(32)30(4)5)27-23(16-17)25(31)18(2)26(33-27)20-11-7-6-8-12-20/h6-16,19,29H,1-5H3. The van der Waals surface area contributed by atoms with E-state index in [0.29, 0.717) is 27.9 Å². The van der Waals surface area contributed by atoms with Crippen LogP contribution in [-0.2, 0) is 0 Å². The maximum atomic E-state index is 13.3. The number of benzene rings is 3. The van der Waals surface area contributed by atoms with Gasteiger partial charge in [0, 0.05) is 36.5 Å². The maximum Gasteiger partial charge on any atom is 0.255 e. The zero-order valence-electron chi connectivity index (χ0n) is 19.6. The summed E-state index contributed by atoms with van der Waals surface area (Å²) in [6, 6.07) is 20.8. The van der Waals surface area contributed by atoms with Crippen LogP contribution in [0.3, 0.4) is 0 Å². The maximum absolute atomic E-state index is 13.3. The van der Waals surface area contributed by atoms with Crippen LogP contribution in [0.15, 0.2) is 75.9 Å². The molecule has 0 saturated heterocycles. The lowest BCUT2D eigenvalue weighted by Gasteiger charge is -2.21. The van der Waals surface area contributed by atoms with Gasteiger partial charge in [-0.2, -0.15) is 0 Å². The molecule has 0 radical (unpaired) electrons. The highest BCUT2D eigenvalue weighted by Crippen LogP contribution is 2.32. The second-order valence-electron chi connectivity index (χ2n) is 8.59. The van der Waals surface area contributed by atoms with Gasteiger partial charge in [-0.1, -0.05) is 48.5 Å². The minimum absolute atomic E-state index is 0.0320. The average Bonchev–Trinajstić information content (AvgIpc) is 2.81. The first-order valence-electron chi connectivity index (χ1n) is 11.0. The van der Waals surface area contributed by atoms with Crippen molar-refractivity contribution in [1.82, 2.24) is 4.90 Å². The predicted octanol–water partition coefficient (Wildman–Crippen LogP) is 5.95. The van der Waals surface area contributed by atoms with Crippen LogP contribution in [0.4, 0.5) is 5.69 Å². The Hall–Kier alpha value is -3.86. The molecule has 168 valence electrons. The molecule has 1 amide bonds. The smallest absolute Gasteiger partial charge is 0.255 e. The summed E-state index contributed by atoms with van der Waals surface area (Å²) in [7, 11) is 3.47. The van der Waals surface area contributed by atoms with Gasteiger partial charge in [-0.25, -0.2) is 0 Å². The second kappa shape index (κ2) is 8.94. The number of hydrogen-bond donors (Lipinski definition) is 1. The Balaban J connectivity index is 1.86. The number of nitrogens with zero attached hydrogens (tertiary/aromatic N) is 1. The van der Waals surface area contributed by atoms with Gasteiger partial charge < -0.3 is 14.6 Å². The molecule has 1 unspecified atom stereocenters. The van der Waals surface area contributed by atoms with Crippen molar-refractivity contribution in [1.29, 1.82) is 0 Å². The first-order chi connectivity index (χ1) is 15.8. The molecule has 1 atom stereocenters. The van der Waals surface area contributed by atoms with E-state index < -0.39 is 0 Å². The summed E-state index contributed by atoms with van der Waals surface area (Å²) in [6.07, 6.45) is 0. The first-order valence-corrected chi connectivity index (χ1v) is 11.0. The molecule has 0 saturated carbocycles. The van der Waals surface area contributed by atoms with E-state index in [4.69, 9.17) is 4.42 Å². The zero-order valence-corrected chi connectivity index (χ0v) is 19.6. The van der Waals surface area contributed by atoms with E-state index in [-0.39, 0.29) is 17.4 Å². The van der Waals surface area contributed by atoms with Gasteiger partial charge in [0.25, 0.3) is 5.91 Å². The van der Waals surface area contributed by atoms with Gasteiger partial charge in [0.2, 0.25) is 0 Å². The number of nitrogens with one attached hydrogen (secondary N) is 1. The van der Waals surface area contributed by atoms with Crippen LogP contribution in [-0.4, -0.2) is 24.9 Å². The fraction of sp³-hybridized carbons (Fsp3) is 0.214. The van der Waals surface area contributed by atoms with E-state index in [9.17, 15) is 9.59 Å².